The molecule has 1 N–H and O–H groups in total. The molecule has 0 bridgehead atoms. The van der Waals surface area contributed by atoms with Crippen LogP contribution in [-0.4, -0.2) is 10.7 Å². The smallest absolute Gasteiger partial charge is 0.0866 e. The topological polar surface area (TPSA) is 44.0 Å². The van der Waals surface area contributed by atoms with Crippen molar-refractivity contribution in [3.8, 4) is 6.07 Å². The highest BCUT2D eigenvalue weighted by Gasteiger charge is 2.63. The molecule has 0 aromatic rings. The first-order valence-corrected chi connectivity index (χ1v) is 6.08. The molecule has 2 saturated carbocycles. The summed E-state index contributed by atoms with van der Waals surface area (Å²) in [4.78, 5) is 0. The molecule has 2 rings (SSSR count). The molecule has 2 aliphatic carbocycles. The summed E-state index contributed by atoms with van der Waals surface area (Å²) < 4.78 is 0. The number of hydrogen-bond donors (Lipinski definition) is 1. The number of nitriles is 1. The Hall–Kier alpha value is -0.550. The van der Waals surface area contributed by atoms with E-state index in [-0.39, 0.29) is 11.3 Å². The van der Waals surface area contributed by atoms with Gasteiger partial charge in [0.2, 0.25) is 0 Å². The fourth-order valence-electron chi connectivity index (χ4n) is 4.17. The molecule has 0 spiro atoms. The maximum atomic E-state index is 10.9. The van der Waals surface area contributed by atoms with Crippen LogP contribution in [-0.2, 0) is 0 Å². The fraction of sp³-hybridized carbons (Fsp3) is 0.923. The standard InChI is InChI=1S/C13H21NO/c1-4-9-5-6-11-12(2,3)7-10(8-14)13(9,11)15/h9-11,15H,4-7H2,1-3H3/t9?,10-,11+,13+/m1/s1. The number of nitrogens with zero attached hydrogens (tertiary/aromatic N) is 1. The van der Waals surface area contributed by atoms with Crippen molar-refractivity contribution in [2.45, 2.75) is 52.1 Å². The van der Waals surface area contributed by atoms with E-state index in [0.29, 0.717) is 11.8 Å². The van der Waals surface area contributed by atoms with Crippen molar-refractivity contribution >= 4 is 0 Å². The van der Waals surface area contributed by atoms with Gasteiger partial charge in [0, 0.05) is 0 Å². The van der Waals surface area contributed by atoms with Crippen LogP contribution in [0.25, 0.3) is 0 Å². The molecular formula is C13H21NO. The van der Waals surface area contributed by atoms with Gasteiger partial charge < -0.3 is 5.11 Å². The molecule has 15 heavy (non-hydrogen) atoms. The zero-order chi connectivity index (χ0) is 11.3. The van der Waals surface area contributed by atoms with Gasteiger partial charge >= 0.3 is 0 Å². The van der Waals surface area contributed by atoms with E-state index in [0.717, 1.165) is 25.7 Å². The molecule has 0 amide bonds. The third-order valence-electron chi connectivity index (χ3n) is 4.90. The first kappa shape index (κ1) is 11.0. The third-order valence-corrected chi connectivity index (χ3v) is 4.90. The minimum absolute atomic E-state index is 0.138. The van der Waals surface area contributed by atoms with Crippen LogP contribution in [0.4, 0.5) is 0 Å². The zero-order valence-electron chi connectivity index (χ0n) is 9.95. The largest absolute Gasteiger partial charge is 0.388 e. The lowest BCUT2D eigenvalue weighted by atomic mass is 9.75. The van der Waals surface area contributed by atoms with Crippen LogP contribution in [0.3, 0.4) is 0 Å². The molecule has 0 saturated heterocycles. The van der Waals surface area contributed by atoms with Gasteiger partial charge in [0.25, 0.3) is 0 Å². The molecule has 2 nitrogen and oxygen atoms in total. The average molecular weight is 207 g/mol. The maximum absolute atomic E-state index is 10.9. The Labute approximate surface area is 92.3 Å². The molecule has 2 aliphatic rings. The Kier molecular flexibility index (Phi) is 2.35. The molecule has 2 fully saturated rings. The van der Waals surface area contributed by atoms with E-state index in [9.17, 15) is 10.4 Å². The summed E-state index contributed by atoms with van der Waals surface area (Å²) in [5.74, 6) is 0.526. The van der Waals surface area contributed by atoms with Crippen molar-refractivity contribution in [3.63, 3.8) is 0 Å². The van der Waals surface area contributed by atoms with Crippen LogP contribution in [0.1, 0.15) is 46.5 Å². The quantitative estimate of drug-likeness (QED) is 0.718. The molecule has 0 aromatic carbocycles. The predicted molar refractivity (Wildman–Crippen MR) is 59.0 cm³/mol. The van der Waals surface area contributed by atoms with Gasteiger partial charge in [-0.2, -0.15) is 5.26 Å². The first-order valence-electron chi connectivity index (χ1n) is 6.08. The average Bonchev–Trinajstić information content (AvgIpc) is 2.61. The summed E-state index contributed by atoms with van der Waals surface area (Å²) in [7, 11) is 0. The minimum Gasteiger partial charge on any atom is -0.388 e. The van der Waals surface area contributed by atoms with Gasteiger partial charge in [0.1, 0.15) is 0 Å². The van der Waals surface area contributed by atoms with E-state index < -0.39 is 5.60 Å². The number of fused-ring (bicyclic) bond motifs is 1. The summed E-state index contributed by atoms with van der Waals surface area (Å²) in [5.41, 5.74) is -0.550. The molecular weight excluding hydrogens is 186 g/mol. The summed E-state index contributed by atoms with van der Waals surface area (Å²) in [5, 5.41) is 20.1. The van der Waals surface area contributed by atoms with E-state index in [1.807, 2.05) is 0 Å². The molecule has 0 aromatic heterocycles. The Bertz CT molecular complexity index is 304. The summed E-state index contributed by atoms with van der Waals surface area (Å²) in [6.45, 7) is 6.54. The Morgan fingerprint density at radius 3 is 2.60 bits per heavy atom. The molecule has 0 heterocycles. The highest BCUT2D eigenvalue weighted by molar-refractivity contribution is 5.17. The van der Waals surface area contributed by atoms with Crippen LogP contribution in [0.5, 0.6) is 0 Å². The van der Waals surface area contributed by atoms with Crippen molar-refractivity contribution in [2.75, 3.05) is 0 Å². The van der Waals surface area contributed by atoms with Crippen LogP contribution in [0.15, 0.2) is 0 Å². The van der Waals surface area contributed by atoms with E-state index in [1.165, 1.54) is 0 Å². The molecule has 1 unspecified atom stereocenters. The second kappa shape index (κ2) is 3.22. The highest BCUT2D eigenvalue weighted by Crippen LogP contribution is 2.62. The van der Waals surface area contributed by atoms with Crippen molar-refractivity contribution < 1.29 is 5.11 Å². The summed E-state index contributed by atoms with van der Waals surface area (Å²) in [6, 6.07) is 2.35. The van der Waals surface area contributed by atoms with Gasteiger partial charge in [-0.05, 0) is 36.5 Å². The van der Waals surface area contributed by atoms with Crippen molar-refractivity contribution in [2.24, 2.45) is 23.2 Å². The Balaban J connectivity index is 2.39. The lowest BCUT2D eigenvalue weighted by Crippen LogP contribution is -2.43. The summed E-state index contributed by atoms with van der Waals surface area (Å²) in [6.07, 6.45) is 4.06. The first-order chi connectivity index (χ1) is 6.96. The van der Waals surface area contributed by atoms with Crippen molar-refractivity contribution in [1.82, 2.24) is 0 Å². The van der Waals surface area contributed by atoms with Gasteiger partial charge in [0.15, 0.2) is 0 Å². The van der Waals surface area contributed by atoms with Gasteiger partial charge in [-0.1, -0.05) is 27.2 Å². The fourth-order valence-corrected chi connectivity index (χ4v) is 4.17. The molecule has 0 radical (unpaired) electrons. The SMILES string of the molecule is CCC1CC[C@H]2C(C)(C)C[C@H](C#N)[C@@]12O. The maximum Gasteiger partial charge on any atom is 0.0866 e. The van der Waals surface area contributed by atoms with Gasteiger partial charge in [-0.25, -0.2) is 0 Å². The Morgan fingerprint density at radius 2 is 2.07 bits per heavy atom. The number of aliphatic hydroxyl groups is 1. The minimum atomic E-state index is -0.688. The molecule has 4 atom stereocenters. The Morgan fingerprint density at radius 1 is 1.40 bits per heavy atom. The van der Waals surface area contributed by atoms with E-state index in [1.54, 1.807) is 0 Å². The van der Waals surface area contributed by atoms with E-state index in [2.05, 4.69) is 26.8 Å². The van der Waals surface area contributed by atoms with E-state index >= 15 is 0 Å². The predicted octanol–water partition coefficient (Wildman–Crippen LogP) is 2.72. The van der Waals surface area contributed by atoms with Crippen molar-refractivity contribution in [1.29, 1.82) is 5.26 Å². The molecule has 84 valence electrons. The van der Waals surface area contributed by atoms with Crippen LogP contribution in [0, 0.1) is 34.5 Å². The second-order valence-electron chi connectivity index (χ2n) is 6.00. The third kappa shape index (κ3) is 1.26. The van der Waals surface area contributed by atoms with Crippen LogP contribution >= 0.6 is 0 Å². The van der Waals surface area contributed by atoms with Crippen molar-refractivity contribution in [3.05, 3.63) is 0 Å². The lowest BCUT2D eigenvalue weighted by Gasteiger charge is -2.34. The molecule has 0 aliphatic heterocycles. The van der Waals surface area contributed by atoms with Crippen LogP contribution in [0.2, 0.25) is 0 Å². The lowest BCUT2D eigenvalue weighted by molar-refractivity contribution is -0.0531. The second-order valence-corrected chi connectivity index (χ2v) is 6.00. The zero-order valence-corrected chi connectivity index (χ0v) is 9.95. The number of hydrogen-bond acceptors (Lipinski definition) is 2. The van der Waals surface area contributed by atoms with Gasteiger partial charge in [-0.15, -0.1) is 0 Å². The highest BCUT2D eigenvalue weighted by atomic mass is 16.3. The monoisotopic (exact) mass is 207 g/mol. The van der Waals surface area contributed by atoms with Crippen LogP contribution < -0.4 is 0 Å². The summed E-state index contributed by atoms with van der Waals surface area (Å²) >= 11 is 0. The number of rotatable bonds is 1. The normalized spacial score (nSPS) is 47.5. The van der Waals surface area contributed by atoms with Gasteiger partial charge in [-0.3, -0.25) is 0 Å². The van der Waals surface area contributed by atoms with Gasteiger partial charge in [0.05, 0.1) is 17.6 Å². The van der Waals surface area contributed by atoms with E-state index in [4.69, 9.17) is 0 Å². The molecule has 2 heteroatoms.